The maximum atomic E-state index is 12.6. The molecule has 0 amide bonds. The first-order valence-electron chi connectivity index (χ1n) is 7.09. The van der Waals surface area contributed by atoms with Crippen LogP contribution in [-0.4, -0.2) is 6.04 Å². The Morgan fingerprint density at radius 2 is 1.84 bits per heavy atom. The highest BCUT2D eigenvalue weighted by Crippen LogP contribution is 2.19. The first kappa shape index (κ1) is 16.1. The van der Waals surface area contributed by atoms with E-state index >= 15 is 0 Å². The third-order valence-electron chi connectivity index (χ3n) is 3.28. The topological polar surface area (TPSA) is 12.0 Å². The van der Waals surface area contributed by atoms with E-state index in [1.54, 1.807) is 12.1 Å². The highest BCUT2D eigenvalue weighted by molar-refractivity contribution is 5.24. The Bertz CT molecular complexity index is 364. The van der Waals surface area contributed by atoms with Crippen molar-refractivity contribution in [1.82, 2.24) is 5.32 Å². The van der Waals surface area contributed by atoms with E-state index in [4.69, 9.17) is 0 Å². The average Bonchev–Trinajstić information content (AvgIpc) is 2.36. The van der Waals surface area contributed by atoms with E-state index in [0.717, 1.165) is 17.9 Å². The minimum atomic E-state index is -2.39. The normalized spacial score (nSPS) is 13.2. The van der Waals surface area contributed by atoms with Gasteiger partial charge in [0.05, 0.1) is 0 Å². The predicted octanol–water partition coefficient (Wildman–Crippen LogP) is 4.93. The van der Waals surface area contributed by atoms with Crippen LogP contribution in [-0.2, 0) is 6.54 Å². The lowest BCUT2D eigenvalue weighted by Gasteiger charge is -2.15. The first-order valence-corrected chi connectivity index (χ1v) is 7.09. The molecule has 1 aromatic rings. The summed E-state index contributed by atoms with van der Waals surface area (Å²) in [7, 11) is 0. The van der Waals surface area contributed by atoms with E-state index in [9.17, 15) is 8.78 Å². The number of benzene rings is 1. The Labute approximate surface area is 115 Å². The molecule has 0 spiro atoms. The van der Waals surface area contributed by atoms with Crippen LogP contribution in [0.4, 0.5) is 8.78 Å². The van der Waals surface area contributed by atoms with Crippen LogP contribution in [0.15, 0.2) is 24.3 Å². The van der Waals surface area contributed by atoms with Gasteiger partial charge in [0, 0.05) is 18.2 Å². The largest absolute Gasteiger partial charge is 0.310 e. The summed E-state index contributed by atoms with van der Waals surface area (Å²) in [5.74, 6) is 0.745. The molecule has 0 saturated heterocycles. The molecule has 0 aliphatic carbocycles. The molecule has 0 saturated carbocycles. The molecule has 0 radical (unpaired) electrons. The van der Waals surface area contributed by atoms with Crippen LogP contribution < -0.4 is 5.32 Å². The van der Waals surface area contributed by atoms with Gasteiger partial charge >= 0.3 is 0 Å². The molecule has 1 N–H and O–H groups in total. The van der Waals surface area contributed by atoms with Crippen molar-refractivity contribution in [1.29, 1.82) is 0 Å². The van der Waals surface area contributed by atoms with Crippen molar-refractivity contribution in [3.05, 3.63) is 35.4 Å². The molecule has 108 valence electrons. The van der Waals surface area contributed by atoms with Crippen molar-refractivity contribution in [2.75, 3.05) is 0 Å². The first-order chi connectivity index (χ1) is 8.99. The molecule has 0 aromatic heterocycles. The summed E-state index contributed by atoms with van der Waals surface area (Å²) in [6.45, 7) is 7.27. The smallest absolute Gasteiger partial charge is 0.263 e. The van der Waals surface area contributed by atoms with Gasteiger partial charge in [0.1, 0.15) is 0 Å². The lowest BCUT2D eigenvalue weighted by Crippen LogP contribution is -2.25. The second-order valence-corrected chi connectivity index (χ2v) is 5.65. The van der Waals surface area contributed by atoms with Crippen LogP contribution in [0.3, 0.4) is 0 Å². The van der Waals surface area contributed by atoms with Crippen LogP contribution in [0.5, 0.6) is 0 Å². The van der Waals surface area contributed by atoms with Gasteiger partial charge in [0.15, 0.2) is 0 Å². The van der Waals surface area contributed by atoms with Gasteiger partial charge in [0.25, 0.3) is 6.43 Å². The fraction of sp³-hybridized carbons (Fsp3) is 0.625. The van der Waals surface area contributed by atoms with Gasteiger partial charge in [-0.2, -0.15) is 0 Å². The Balaban J connectivity index is 2.33. The van der Waals surface area contributed by atoms with Crippen LogP contribution in [0.2, 0.25) is 0 Å². The summed E-state index contributed by atoms with van der Waals surface area (Å²) in [4.78, 5) is 0. The van der Waals surface area contributed by atoms with Crippen molar-refractivity contribution < 1.29 is 8.78 Å². The Hall–Kier alpha value is -0.960. The summed E-state index contributed by atoms with van der Waals surface area (Å²) >= 11 is 0. The molecule has 0 heterocycles. The molecule has 3 heteroatoms. The van der Waals surface area contributed by atoms with Crippen molar-refractivity contribution in [2.45, 2.75) is 59.0 Å². The zero-order valence-corrected chi connectivity index (χ0v) is 12.1. The van der Waals surface area contributed by atoms with Gasteiger partial charge < -0.3 is 5.32 Å². The lowest BCUT2D eigenvalue weighted by atomic mass is 10.0. The number of halogens is 2. The molecule has 19 heavy (non-hydrogen) atoms. The molecule has 1 aromatic carbocycles. The van der Waals surface area contributed by atoms with Crippen molar-refractivity contribution in [3.8, 4) is 0 Å². The number of alkyl halides is 2. The highest BCUT2D eigenvalue weighted by atomic mass is 19.3. The van der Waals surface area contributed by atoms with E-state index in [0.29, 0.717) is 12.6 Å². The van der Waals surface area contributed by atoms with Gasteiger partial charge in [0.2, 0.25) is 0 Å². The Morgan fingerprint density at radius 3 is 2.47 bits per heavy atom. The molecule has 0 aliphatic heterocycles. The van der Waals surface area contributed by atoms with Crippen LogP contribution in [0.1, 0.15) is 57.6 Å². The van der Waals surface area contributed by atoms with E-state index in [1.807, 2.05) is 6.07 Å². The molecule has 1 nitrogen and oxygen atoms in total. The number of hydrogen-bond acceptors (Lipinski definition) is 1. The fourth-order valence-corrected chi connectivity index (χ4v) is 2.07. The van der Waals surface area contributed by atoms with Crippen molar-refractivity contribution in [2.24, 2.45) is 5.92 Å². The molecule has 1 rings (SSSR count). The Kier molecular flexibility index (Phi) is 7.00. The van der Waals surface area contributed by atoms with E-state index in [-0.39, 0.29) is 5.56 Å². The summed E-state index contributed by atoms with van der Waals surface area (Å²) in [5, 5.41) is 3.39. The standard InChI is InChI=1S/C16H25F2N/c1-12(2)6-4-7-13(3)19-11-14-8-5-9-15(10-14)16(17)18/h5,8-10,12-13,16,19H,4,6-7,11H2,1-3H3. The van der Waals surface area contributed by atoms with Gasteiger partial charge in [-0.3, -0.25) is 0 Å². The summed E-state index contributed by atoms with van der Waals surface area (Å²) in [6, 6.07) is 7.06. The maximum Gasteiger partial charge on any atom is 0.263 e. The summed E-state index contributed by atoms with van der Waals surface area (Å²) in [5.41, 5.74) is 1.03. The quantitative estimate of drug-likeness (QED) is 0.705. The van der Waals surface area contributed by atoms with E-state index in [2.05, 4.69) is 26.1 Å². The Morgan fingerprint density at radius 1 is 1.11 bits per heavy atom. The zero-order valence-electron chi connectivity index (χ0n) is 12.1. The molecule has 1 atom stereocenters. The number of nitrogens with one attached hydrogen (secondary N) is 1. The van der Waals surface area contributed by atoms with Crippen LogP contribution in [0, 0.1) is 5.92 Å². The van der Waals surface area contributed by atoms with Crippen LogP contribution >= 0.6 is 0 Å². The fourth-order valence-electron chi connectivity index (χ4n) is 2.07. The monoisotopic (exact) mass is 269 g/mol. The number of hydrogen-bond donors (Lipinski definition) is 1. The third kappa shape index (κ3) is 6.67. The summed E-state index contributed by atoms with van der Waals surface area (Å²) in [6.07, 6.45) is 1.20. The predicted molar refractivity (Wildman–Crippen MR) is 76.4 cm³/mol. The molecule has 0 bridgehead atoms. The average molecular weight is 269 g/mol. The van der Waals surface area contributed by atoms with E-state index in [1.165, 1.54) is 18.9 Å². The molecule has 0 aliphatic rings. The van der Waals surface area contributed by atoms with Gasteiger partial charge in [-0.05, 0) is 30.9 Å². The highest BCUT2D eigenvalue weighted by Gasteiger charge is 2.07. The molecule has 0 fully saturated rings. The second-order valence-electron chi connectivity index (χ2n) is 5.65. The maximum absolute atomic E-state index is 12.6. The summed E-state index contributed by atoms with van der Waals surface area (Å²) < 4.78 is 25.1. The molecular formula is C16H25F2N. The zero-order chi connectivity index (χ0) is 14.3. The third-order valence-corrected chi connectivity index (χ3v) is 3.28. The van der Waals surface area contributed by atoms with Gasteiger partial charge in [-0.15, -0.1) is 0 Å². The van der Waals surface area contributed by atoms with Gasteiger partial charge in [-0.1, -0.05) is 44.9 Å². The van der Waals surface area contributed by atoms with Crippen LogP contribution in [0.25, 0.3) is 0 Å². The SMILES string of the molecule is CC(C)CCCC(C)NCc1cccc(C(F)F)c1. The van der Waals surface area contributed by atoms with Crippen molar-refractivity contribution in [3.63, 3.8) is 0 Å². The second kappa shape index (κ2) is 8.26. The minimum Gasteiger partial charge on any atom is -0.310 e. The number of rotatable bonds is 8. The minimum absolute atomic E-state index is 0.103. The molecular weight excluding hydrogens is 244 g/mol. The van der Waals surface area contributed by atoms with Crippen molar-refractivity contribution >= 4 is 0 Å². The molecule has 1 unspecified atom stereocenters. The lowest BCUT2D eigenvalue weighted by molar-refractivity contribution is 0.151. The van der Waals surface area contributed by atoms with E-state index < -0.39 is 6.43 Å². The van der Waals surface area contributed by atoms with Gasteiger partial charge in [-0.25, -0.2) is 8.78 Å².